The molecule has 13 heteroatoms. The number of thiazole rings is 1. The molecule has 194 valence electrons. The Balaban J connectivity index is 1.43. The number of anilines is 1. The summed E-state index contributed by atoms with van der Waals surface area (Å²) in [6.45, 7) is 3.30. The normalized spacial score (nSPS) is 22.4. The highest BCUT2D eigenvalue weighted by Crippen LogP contribution is 2.39. The number of carbonyl (C=O) groups excluding carboxylic acids is 2. The number of methoxy groups -OCH3 is 2. The van der Waals surface area contributed by atoms with Gasteiger partial charge in [-0.3, -0.25) is 4.79 Å². The lowest BCUT2D eigenvalue weighted by Crippen LogP contribution is -2.53. The van der Waals surface area contributed by atoms with Gasteiger partial charge in [0.2, 0.25) is 12.3 Å². The highest BCUT2D eigenvalue weighted by molar-refractivity contribution is 7.17. The van der Waals surface area contributed by atoms with Crippen molar-refractivity contribution in [3.8, 4) is 17.3 Å². The fourth-order valence-corrected chi connectivity index (χ4v) is 5.77. The molecule has 2 aromatic rings. The van der Waals surface area contributed by atoms with Crippen LogP contribution in [0.1, 0.15) is 29.4 Å². The van der Waals surface area contributed by atoms with Crippen molar-refractivity contribution in [2.75, 3.05) is 38.8 Å². The number of esters is 1. The molecule has 4 heterocycles. The van der Waals surface area contributed by atoms with E-state index in [0.29, 0.717) is 57.5 Å². The van der Waals surface area contributed by atoms with E-state index in [1.807, 2.05) is 0 Å². The number of carbonyl (C=O) groups is 2. The smallest absolute Gasteiger partial charge is 0.350 e. The van der Waals surface area contributed by atoms with Gasteiger partial charge in [-0.1, -0.05) is 29.0 Å². The largest absolute Gasteiger partial charge is 0.481 e. The highest BCUT2D eigenvalue weighted by Gasteiger charge is 2.47. The summed E-state index contributed by atoms with van der Waals surface area (Å²) in [6, 6.07) is 5.31. The number of allylic oxidation sites excluding steroid dienone is 1. The molecule has 2 aliphatic heterocycles. The zero-order valence-electron chi connectivity index (χ0n) is 20.0. The van der Waals surface area contributed by atoms with Gasteiger partial charge in [0.1, 0.15) is 21.6 Å². The standard InChI is InChI=1S/C23H27Cl2N5O5S/c1-13-19(24)23(25,21(27-13)26-12-31)11-35-14-7-9-30(10-8-14)22-29-17(18(36-22)20(32)34-3)15-5-4-6-16(28-15)33-2/h4-6,12,14,21,27H,7-11H2,1-3H3,(H,26,31)/t21?,23-/m0/s1. The number of hydrogen-bond donors (Lipinski definition) is 2. The van der Waals surface area contributed by atoms with Gasteiger partial charge in [0.15, 0.2) is 5.13 Å². The number of amides is 1. The molecule has 1 saturated heterocycles. The van der Waals surface area contributed by atoms with E-state index in [1.54, 1.807) is 25.1 Å². The fraction of sp³-hybridized carbons (Fsp3) is 0.478. The van der Waals surface area contributed by atoms with E-state index in [-0.39, 0.29) is 12.7 Å². The summed E-state index contributed by atoms with van der Waals surface area (Å²) in [6.07, 6.45) is 1.44. The molecule has 4 rings (SSSR count). The van der Waals surface area contributed by atoms with Crippen molar-refractivity contribution < 1.29 is 23.8 Å². The molecule has 0 aromatic carbocycles. The number of hydrogen-bond acceptors (Lipinski definition) is 10. The summed E-state index contributed by atoms with van der Waals surface area (Å²) >= 11 is 14.5. The lowest BCUT2D eigenvalue weighted by molar-refractivity contribution is -0.110. The van der Waals surface area contributed by atoms with Crippen LogP contribution >= 0.6 is 34.5 Å². The topological polar surface area (TPSA) is 115 Å². The van der Waals surface area contributed by atoms with E-state index in [1.165, 1.54) is 25.6 Å². The summed E-state index contributed by atoms with van der Waals surface area (Å²) in [7, 11) is 2.88. The molecule has 0 spiro atoms. The molecule has 1 unspecified atom stereocenters. The van der Waals surface area contributed by atoms with Crippen molar-refractivity contribution in [2.24, 2.45) is 0 Å². The third-order valence-electron chi connectivity index (χ3n) is 6.15. The Bertz CT molecular complexity index is 1150. The lowest BCUT2D eigenvalue weighted by Gasteiger charge is -2.35. The molecule has 2 aromatic heterocycles. The first-order valence-electron chi connectivity index (χ1n) is 11.3. The van der Waals surface area contributed by atoms with Gasteiger partial charge < -0.3 is 29.7 Å². The van der Waals surface area contributed by atoms with Crippen LogP contribution in [-0.2, 0) is 14.3 Å². The van der Waals surface area contributed by atoms with Gasteiger partial charge in [-0.05, 0) is 25.8 Å². The number of pyridine rings is 1. The average Bonchev–Trinajstić information content (AvgIpc) is 3.44. The van der Waals surface area contributed by atoms with Crippen LogP contribution in [0.15, 0.2) is 28.9 Å². The van der Waals surface area contributed by atoms with E-state index in [2.05, 4.69) is 20.5 Å². The Morgan fingerprint density at radius 3 is 2.75 bits per heavy atom. The zero-order chi connectivity index (χ0) is 25.9. The molecular weight excluding hydrogens is 529 g/mol. The predicted octanol–water partition coefficient (Wildman–Crippen LogP) is 3.11. The van der Waals surface area contributed by atoms with Gasteiger partial charge in [-0.25, -0.2) is 14.8 Å². The first-order chi connectivity index (χ1) is 17.3. The van der Waals surface area contributed by atoms with E-state index in [0.717, 1.165) is 12.8 Å². The van der Waals surface area contributed by atoms with E-state index in [4.69, 9.17) is 42.4 Å². The van der Waals surface area contributed by atoms with E-state index in [9.17, 15) is 9.59 Å². The summed E-state index contributed by atoms with van der Waals surface area (Å²) in [5.74, 6) is -0.0334. The van der Waals surface area contributed by atoms with Crippen molar-refractivity contribution in [1.82, 2.24) is 20.6 Å². The van der Waals surface area contributed by atoms with Crippen LogP contribution in [0.25, 0.3) is 11.4 Å². The van der Waals surface area contributed by atoms with Crippen LogP contribution in [0.2, 0.25) is 0 Å². The summed E-state index contributed by atoms with van der Waals surface area (Å²) < 4.78 is 16.3. The minimum absolute atomic E-state index is 0.0429. The van der Waals surface area contributed by atoms with Crippen LogP contribution < -0.4 is 20.3 Å². The fourth-order valence-electron chi connectivity index (χ4n) is 4.18. The maximum absolute atomic E-state index is 12.5. The predicted molar refractivity (Wildman–Crippen MR) is 138 cm³/mol. The number of ether oxygens (including phenoxy) is 3. The molecule has 0 radical (unpaired) electrons. The van der Waals surface area contributed by atoms with Crippen molar-refractivity contribution in [3.05, 3.63) is 33.8 Å². The first-order valence-corrected chi connectivity index (χ1v) is 12.9. The Labute approximate surface area is 222 Å². The van der Waals surface area contributed by atoms with Gasteiger partial charge in [-0.15, -0.1) is 11.6 Å². The molecule has 2 N–H and O–H groups in total. The summed E-state index contributed by atoms with van der Waals surface area (Å²) in [4.78, 5) is 34.0. The number of alkyl halides is 1. The van der Waals surface area contributed by atoms with Crippen LogP contribution in [0.3, 0.4) is 0 Å². The second-order valence-corrected chi connectivity index (χ2v) is 10.4. The zero-order valence-corrected chi connectivity index (χ0v) is 22.4. The minimum Gasteiger partial charge on any atom is -0.481 e. The molecule has 36 heavy (non-hydrogen) atoms. The minimum atomic E-state index is -1.08. The number of piperidine rings is 1. The third kappa shape index (κ3) is 5.24. The van der Waals surface area contributed by atoms with Gasteiger partial charge >= 0.3 is 5.97 Å². The average molecular weight is 556 g/mol. The van der Waals surface area contributed by atoms with Gasteiger partial charge in [-0.2, -0.15) is 0 Å². The number of rotatable bonds is 9. The van der Waals surface area contributed by atoms with Crippen LogP contribution in [0, 0.1) is 0 Å². The monoisotopic (exact) mass is 555 g/mol. The second-order valence-electron chi connectivity index (χ2n) is 8.39. The van der Waals surface area contributed by atoms with E-state index >= 15 is 0 Å². The van der Waals surface area contributed by atoms with Crippen LogP contribution in [0.5, 0.6) is 5.88 Å². The van der Waals surface area contributed by atoms with Crippen molar-refractivity contribution in [1.29, 1.82) is 0 Å². The first kappa shape index (κ1) is 26.5. The molecule has 2 aliphatic rings. The molecule has 10 nitrogen and oxygen atoms in total. The number of nitrogens with one attached hydrogen (secondary N) is 2. The molecule has 0 saturated carbocycles. The Kier molecular flexibility index (Phi) is 8.23. The number of nitrogens with zero attached hydrogens (tertiary/aromatic N) is 3. The Morgan fingerprint density at radius 2 is 2.08 bits per heavy atom. The second kappa shape index (κ2) is 11.2. The Morgan fingerprint density at radius 1 is 1.33 bits per heavy atom. The number of halogens is 2. The van der Waals surface area contributed by atoms with Gasteiger partial charge in [0.25, 0.3) is 0 Å². The van der Waals surface area contributed by atoms with E-state index < -0.39 is 17.0 Å². The summed E-state index contributed by atoms with van der Waals surface area (Å²) in [5.41, 5.74) is 1.70. The van der Waals surface area contributed by atoms with Crippen LogP contribution in [-0.4, -0.2) is 73.4 Å². The molecule has 1 fully saturated rings. The van der Waals surface area contributed by atoms with Gasteiger partial charge in [0.05, 0.1) is 37.7 Å². The summed E-state index contributed by atoms with van der Waals surface area (Å²) in [5, 5.41) is 6.88. The molecule has 0 bridgehead atoms. The maximum atomic E-state index is 12.5. The molecule has 0 aliphatic carbocycles. The molecular formula is C23H27Cl2N5O5S. The third-order valence-corrected chi connectivity index (χ3v) is 8.48. The number of aromatic nitrogens is 2. The Hall–Kier alpha value is -2.60. The SMILES string of the molecule is COC(=O)c1sc(N2CCC(OC[C@]3(Cl)C(Cl)=C(C)NC3NC=O)CC2)nc1-c1cccc(OC)n1. The maximum Gasteiger partial charge on any atom is 0.350 e. The molecule has 2 atom stereocenters. The van der Waals surface area contributed by atoms with Crippen molar-refractivity contribution in [2.45, 2.75) is 36.9 Å². The highest BCUT2D eigenvalue weighted by atomic mass is 35.5. The van der Waals surface area contributed by atoms with Gasteiger partial charge in [0, 0.05) is 24.9 Å². The quantitative estimate of drug-likeness (QED) is 0.273. The van der Waals surface area contributed by atoms with Crippen molar-refractivity contribution in [3.63, 3.8) is 0 Å². The molecule has 1 amide bonds. The lowest BCUT2D eigenvalue weighted by atomic mass is 10.1. The van der Waals surface area contributed by atoms with Crippen molar-refractivity contribution >= 4 is 52.0 Å². The van der Waals surface area contributed by atoms with Crippen LogP contribution in [0.4, 0.5) is 5.13 Å².